The highest BCUT2D eigenvalue weighted by molar-refractivity contribution is 5.35. The zero-order chi connectivity index (χ0) is 10.5. The summed E-state index contributed by atoms with van der Waals surface area (Å²) < 4.78 is 0. The van der Waals surface area contributed by atoms with Gasteiger partial charge in [0.15, 0.2) is 0 Å². The Balaban J connectivity index is 1.79. The van der Waals surface area contributed by atoms with E-state index in [-0.39, 0.29) is 0 Å². The lowest BCUT2D eigenvalue weighted by Gasteiger charge is -2.23. The summed E-state index contributed by atoms with van der Waals surface area (Å²) in [5, 5.41) is 6.88. The molecule has 0 aromatic carbocycles. The zero-order valence-electron chi connectivity index (χ0n) is 9.29. The SMILES string of the molecule is Cc1ccc(NCC2CCCCN2)nc1. The Morgan fingerprint density at radius 2 is 2.40 bits per heavy atom. The fraction of sp³-hybridized carbons (Fsp3) is 0.583. The van der Waals surface area contributed by atoms with Gasteiger partial charge in [0.1, 0.15) is 5.82 Å². The van der Waals surface area contributed by atoms with Crippen molar-refractivity contribution in [2.24, 2.45) is 0 Å². The lowest BCUT2D eigenvalue weighted by atomic mass is 10.1. The van der Waals surface area contributed by atoms with Crippen LogP contribution in [0.5, 0.6) is 0 Å². The molecular weight excluding hydrogens is 186 g/mol. The maximum Gasteiger partial charge on any atom is 0.125 e. The molecule has 15 heavy (non-hydrogen) atoms. The van der Waals surface area contributed by atoms with E-state index in [0.717, 1.165) is 18.9 Å². The molecule has 1 aromatic heterocycles. The molecule has 1 fully saturated rings. The Hall–Kier alpha value is -1.09. The monoisotopic (exact) mass is 205 g/mol. The number of nitrogens with zero attached hydrogens (tertiary/aromatic N) is 1. The maximum atomic E-state index is 4.32. The third-order valence-electron chi connectivity index (χ3n) is 2.85. The van der Waals surface area contributed by atoms with Gasteiger partial charge in [0, 0.05) is 18.8 Å². The maximum absolute atomic E-state index is 4.32. The van der Waals surface area contributed by atoms with E-state index in [1.54, 1.807) is 0 Å². The predicted octanol–water partition coefficient (Wildman–Crippen LogP) is 1.94. The van der Waals surface area contributed by atoms with Crippen LogP contribution in [-0.2, 0) is 0 Å². The van der Waals surface area contributed by atoms with Gasteiger partial charge in [-0.15, -0.1) is 0 Å². The van der Waals surface area contributed by atoms with Crippen LogP contribution in [0.1, 0.15) is 24.8 Å². The molecule has 82 valence electrons. The van der Waals surface area contributed by atoms with Crippen LogP contribution < -0.4 is 10.6 Å². The molecule has 1 atom stereocenters. The molecule has 0 bridgehead atoms. The highest BCUT2D eigenvalue weighted by atomic mass is 15.0. The number of rotatable bonds is 3. The number of piperidine rings is 1. The average Bonchev–Trinajstić information content (AvgIpc) is 2.30. The van der Waals surface area contributed by atoms with Crippen LogP contribution in [0.4, 0.5) is 5.82 Å². The summed E-state index contributed by atoms with van der Waals surface area (Å²) >= 11 is 0. The summed E-state index contributed by atoms with van der Waals surface area (Å²) in [5.74, 6) is 0.980. The van der Waals surface area contributed by atoms with E-state index in [2.05, 4.69) is 28.6 Å². The topological polar surface area (TPSA) is 37.0 Å². The number of aromatic nitrogens is 1. The molecule has 1 aliphatic rings. The Kier molecular flexibility index (Phi) is 3.56. The van der Waals surface area contributed by atoms with Gasteiger partial charge >= 0.3 is 0 Å². The number of anilines is 1. The molecule has 3 heteroatoms. The first-order chi connectivity index (χ1) is 7.34. The first kappa shape index (κ1) is 10.4. The second-order valence-corrected chi connectivity index (χ2v) is 4.25. The van der Waals surface area contributed by atoms with Gasteiger partial charge in [-0.1, -0.05) is 12.5 Å². The van der Waals surface area contributed by atoms with Gasteiger partial charge in [-0.2, -0.15) is 0 Å². The van der Waals surface area contributed by atoms with Crippen molar-refractivity contribution >= 4 is 5.82 Å². The fourth-order valence-electron chi connectivity index (χ4n) is 1.90. The van der Waals surface area contributed by atoms with Gasteiger partial charge in [0.2, 0.25) is 0 Å². The van der Waals surface area contributed by atoms with Gasteiger partial charge < -0.3 is 10.6 Å². The van der Waals surface area contributed by atoms with Crippen LogP contribution in [0.3, 0.4) is 0 Å². The number of pyridine rings is 1. The van der Waals surface area contributed by atoms with E-state index in [0.29, 0.717) is 6.04 Å². The van der Waals surface area contributed by atoms with Crippen molar-refractivity contribution in [3.8, 4) is 0 Å². The van der Waals surface area contributed by atoms with E-state index < -0.39 is 0 Å². The van der Waals surface area contributed by atoms with Crippen molar-refractivity contribution in [1.82, 2.24) is 10.3 Å². The van der Waals surface area contributed by atoms with Crippen molar-refractivity contribution in [2.45, 2.75) is 32.2 Å². The minimum Gasteiger partial charge on any atom is -0.369 e. The molecule has 0 aliphatic carbocycles. The molecule has 0 spiro atoms. The van der Waals surface area contributed by atoms with Gasteiger partial charge in [-0.25, -0.2) is 4.98 Å². The van der Waals surface area contributed by atoms with Crippen molar-refractivity contribution in [2.75, 3.05) is 18.4 Å². The number of nitrogens with one attached hydrogen (secondary N) is 2. The molecule has 0 radical (unpaired) electrons. The van der Waals surface area contributed by atoms with Crippen LogP contribution in [0, 0.1) is 6.92 Å². The quantitative estimate of drug-likeness (QED) is 0.792. The first-order valence-corrected chi connectivity index (χ1v) is 5.74. The lowest BCUT2D eigenvalue weighted by molar-refractivity contribution is 0.414. The summed E-state index contributed by atoms with van der Waals surface area (Å²) in [6, 6.07) is 4.74. The second-order valence-electron chi connectivity index (χ2n) is 4.25. The fourth-order valence-corrected chi connectivity index (χ4v) is 1.90. The van der Waals surface area contributed by atoms with E-state index in [1.165, 1.54) is 24.8 Å². The highest BCUT2D eigenvalue weighted by Gasteiger charge is 2.11. The van der Waals surface area contributed by atoms with Crippen LogP contribution >= 0.6 is 0 Å². The van der Waals surface area contributed by atoms with Gasteiger partial charge in [0.25, 0.3) is 0 Å². The van der Waals surface area contributed by atoms with Crippen molar-refractivity contribution in [3.05, 3.63) is 23.9 Å². The normalized spacial score (nSPS) is 21.3. The van der Waals surface area contributed by atoms with Crippen LogP contribution in [0.2, 0.25) is 0 Å². The number of hydrogen-bond donors (Lipinski definition) is 2. The van der Waals surface area contributed by atoms with Gasteiger partial charge in [0.05, 0.1) is 0 Å². The van der Waals surface area contributed by atoms with E-state index >= 15 is 0 Å². The minimum atomic E-state index is 0.613. The summed E-state index contributed by atoms with van der Waals surface area (Å²) in [5.41, 5.74) is 1.20. The summed E-state index contributed by atoms with van der Waals surface area (Å²) in [6.07, 6.45) is 5.84. The minimum absolute atomic E-state index is 0.613. The van der Waals surface area contributed by atoms with E-state index in [4.69, 9.17) is 0 Å². The Morgan fingerprint density at radius 1 is 1.47 bits per heavy atom. The third-order valence-corrected chi connectivity index (χ3v) is 2.85. The molecule has 3 nitrogen and oxygen atoms in total. The number of hydrogen-bond acceptors (Lipinski definition) is 3. The molecule has 2 heterocycles. The Morgan fingerprint density at radius 3 is 3.07 bits per heavy atom. The Bertz CT molecular complexity index is 288. The Labute approximate surface area is 91.3 Å². The van der Waals surface area contributed by atoms with Crippen molar-refractivity contribution in [3.63, 3.8) is 0 Å². The van der Waals surface area contributed by atoms with Crippen molar-refractivity contribution in [1.29, 1.82) is 0 Å². The largest absolute Gasteiger partial charge is 0.369 e. The molecule has 2 rings (SSSR count). The molecule has 2 N–H and O–H groups in total. The summed E-state index contributed by atoms with van der Waals surface area (Å²) in [6.45, 7) is 4.20. The first-order valence-electron chi connectivity index (χ1n) is 5.74. The molecule has 1 saturated heterocycles. The number of aryl methyl sites for hydroxylation is 1. The zero-order valence-corrected chi connectivity index (χ0v) is 9.29. The lowest BCUT2D eigenvalue weighted by Crippen LogP contribution is -2.39. The van der Waals surface area contributed by atoms with Gasteiger partial charge in [-0.3, -0.25) is 0 Å². The molecule has 0 amide bonds. The van der Waals surface area contributed by atoms with E-state index in [9.17, 15) is 0 Å². The van der Waals surface area contributed by atoms with Crippen LogP contribution in [-0.4, -0.2) is 24.1 Å². The summed E-state index contributed by atoms with van der Waals surface area (Å²) in [7, 11) is 0. The average molecular weight is 205 g/mol. The standard InChI is InChI=1S/C12H19N3/c1-10-5-6-12(14-8-10)15-9-11-4-2-3-7-13-11/h5-6,8,11,13H,2-4,7,9H2,1H3,(H,14,15). The second kappa shape index (κ2) is 5.12. The van der Waals surface area contributed by atoms with E-state index in [1.807, 2.05) is 12.3 Å². The molecule has 0 saturated carbocycles. The predicted molar refractivity (Wildman–Crippen MR) is 63.1 cm³/mol. The molecule has 1 aromatic rings. The van der Waals surface area contributed by atoms with Gasteiger partial charge in [-0.05, 0) is 37.9 Å². The summed E-state index contributed by atoms with van der Waals surface area (Å²) in [4.78, 5) is 4.32. The van der Waals surface area contributed by atoms with Crippen molar-refractivity contribution < 1.29 is 0 Å². The molecular formula is C12H19N3. The molecule has 1 aliphatic heterocycles. The smallest absolute Gasteiger partial charge is 0.125 e. The van der Waals surface area contributed by atoms with Crippen LogP contribution in [0.15, 0.2) is 18.3 Å². The van der Waals surface area contributed by atoms with Crippen LogP contribution in [0.25, 0.3) is 0 Å². The molecule has 1 unspecified atom stereocenters. The highest BCUT2D eigenvalue weighted by Crippen LogP contribution is 2.09. The third kappa shape index (κ3) is 3.20.